The average molecular weight is 676 g/mol. The molecule has 0 spiro atoms. The van der Waals surface area contributed by atoms with E-state index in [1.165, 1.54) is 76.3 Å². The van der Waals surface area contributed by atoms with E-state index in [1.807, 2.05) is 11.3 Å². The maximum Gasteiger partial charge on any atom is 0.107 e. The molecule has 0 aliphatic heterocycles. The monoisotopic (exact) mass is 675 g/mol. The van der Waals surface area contributed by atoms with E-state index in [4.69, 9.17) is 0 Å². The van der Waals surface area contributed by atoms with Crippen molar-refractivity contribution in [2.75, 3.05) is 4.90 Å². The molecule has 0 saturated carbocycles. The number of benzene rings is 5. The van der Waals surface area contributed by atoms with Crippen LogP contribution in [0.4, 0.5) is 11.4 Å². The molecular formula is C49H41NS. The van der Waals surface area contributed by atoms with Crippen molar-refractivity contribution in [3.63, 3.8) is 0 Å². The van der Waals surface area contributed by atoms with Gasteiger partial charge in [0.1, 0.15) is 5.70 Å². The van der Waals surface area contributed by atoms with Gasteiger partial charge in [0.25, 0.3) is 0 Å². The van der Waals surface area contributed by atoms with E-state index < -0.39 is 0 Å². The van der Waals surface area contributed by atoms with Crippen LogP contribution in [0.5, 0.6) is 0 Å². The molecule has 1 nitrogen and oxygen atoms in total. The summed E-state index contributed by atoms with van der Waals surface area (Å²) in [6, 6.07) is 44.7. The van der Waals surface area contributed by atoms with Gasteiger partial charge in [-0.15, -0.1) is 11.3 Å². The quantitative estimate of drug-likeness (QED) is 0.164. The molecule has 0 bridgehead atoms. The Labute approximate surface area is 305 Å². The number of anilines is 2. The van der Waals surface area contributed by atoms with E-state index >= 15 is 0 Å². The average Bonchev–Trinajstić information content (AvgIpc) is 3.65. The molecule has 6 aromatic rings. The summed E-state index contributed by atoms with van der Waals surface area (Å²) in [5, 5.41) is 1.26. The van der Waals surface area contributed by atoms with Crippen LogP contribution in [0.15, 0.2) is 144 Å². The Hall–Kier alpha value is -5.36. The van der Waals surface area contributed by atoms with Gasteiger partial charge >= 0.3 is 0 Å². The first-order chi connectivity index (χ1) is 24.7. The summed E-state index contributed by atoms with van der Waals surface area (Å²) in [5.74, 6) is 0. The molecule has 3 aliphatic carbocycles. The Morgan fingerprint density at radius 1 is 0.745 bits per heavy atom. The van der Waals surface area contributed by atoms with Crippen LogP contribution < -0.4 is 4.90 Å². The van der Waals surface area contributed by atoms with Crippen molar-refractivity contribution >= 4 is 55.7 Å². The number of allylic oxidation sites excluding steroid dienone is 4. The van der Waals surface area contributed by atoms with Gasteiger partial charge in [0.2, 0.25) is 0 Å². The van der Waals surface area contributed by atoms with Crippen LogP contribution in [-0.2, 0) is 10.8 Å². The third-order valence-electron chi connectivity index (χ3n) is 11.0. The Morgan fingerprint density at radius 2 is 1.47 bits per heavy atom. The van der Waals surface area contributed by atoms with Gasteiger partial charge in [-0.2, -0.15) is 0 Å². The van der Waals surface area contributed by atoms with E-state index in [2.05, 4.69) is 184 Å². The Balaban J connectivity index is 1.28. The van der Waals surface area contributed by atoms with Crippen LogP contribution in [0.1, 0.15) is 80.2 Å². The zero-order valence-electron chi connectivity index (χ0n) is 30.0. The summed E-state index contributed by atoms with van der Waals surface area (Å²) in [4.78, 5) is 3.66. The van der Waals surface area contributed by atoms with E-state index in [0.29, 0.717) is 0 Å². The molecule has 248 valence electrons. The summed E-state index contributed by atoms with van der Waals surface area (Å²) in [6.07, 6.45) is 6.63. The number of rotatable bonds is 5. The van der Waals surface area contributed by atoms with Gasteiger partial charge in [-0.3, -0.25) is 0 Å². The summed E-state index contributed by atoms with van der Waals surface area (Å²) in [6.45, 7) is 11.8. The molecule has 0 atom stereocenters. The molecule has 0 unspecified atom stereocenters. The van der Waals surface area contributed by atoms with Crippen molar-refractivity contribution in [2.24, 2.45) is 0 Å². The molecule has 5 aromatic carbocycles. The summed E-state index contributed by atoms with van der Waals surface area (Å²) < 4.78 is 1.28. The Kier molecular flexibility index (Phi) is 7.36. The van der Waals surface area contributed by atoms with Crippen LogP contribution in [0.2, 0.25) is 0 Å². The minimum Gasteiger partial charge on any atom is -0.302 e. The van der Waals surface area contributed by atoms with E-state index in [0.717, 1.165) is 24.2 Å². The van der Waals surface area contributed by atoms with Crippen molar-refractivity contribution in [1.82, 2.24) is 0 Å². The third kappa shape index (κ3) is 5.14. The highest BCUT2D eigenvalue weighted by Crippen LogP contribution is 2.57. The second kappa shape index (κ2) is 11.9. The first kappa shape index (κ1) is 31.6. The van der Waals surface area contributed by atoms with Crippen molar-refractivity contribution in [3.05, 3.63) is 177 Å². The zero-order chi connectivity index (χ0) is 34.9. The molecule has 1 aromatic heterocycles. The fraction of sp³-hybridized carbons (Fsp3) is 0.184. The molecule has 0 fully saturated rings. The van der Waals surface area contributed by atoms with Gasteiger partial charge < -0.3 is 4.90 Å². The standard InChI is InChI=1S/C49H41NS/c1-48(2,3)34-27-30-38-41(31-34)49(4,5)40-20-13-19-37(46(38)40)36-17-9-11-21-42(36)50(35-28-25-33(26-29-35)32-15-7-6-8-16-32)43-22-14-24-45-47(43)39-18-10-12-23-44(39)51-45/h6-12,15-18,20-21,23-31H,13,19H2,1-5H3. The van der Waals surface area contributed by atoms with Crippen molar-refractivity contribution in [2.45, 2.75) is 58.3 Å². The summed E-state index contributed by atoms with van der Waals surface area (Å²) in [5.41, 5.74) is 23.8. The van der Waals surface area contributed by atoms with Crippen molar-refractivity contribution in [1.29, 1.82) is 0 Å². The van der Waals surface area contributed by atoms with Gasteiger partial charge in [-0.05, 0) is 92.8 Å². The van der Waals surface area contributed by atoms with Crippen molar-refractivity contribution < 1.29 is 0 Å². The van der Waals surface area contributed by atoms with Gasteiger partial charge in [0.15, 0.2) is 0 Å². The molecule has 0 radical (unpaired) electrons. The zero-order valence-corrected chi connectivity index (χ0v) is 30.8. The second-order valence-electron chi connectivity index (χ2n) is 15.5. The summed E-state index contributed by atoms with van der Waals surface area (Å²) in [7, 11) is 0. The normalized spacial score (nSPS) is 15.7. The fourth-order valence-electron chi connectivity index (χ4n) is 8.34. The molecule has 51 heavy (non-hydrogen) atoms. The minimum absolute atomic E-state index is 0.0661. The topological polar surface area (TPSA) is 3.24 Å². The second-order valence-corrected chi connectivity index (χ2v) is 16.6. The fourth-order valence-corrected chi connectivity index (χ4v) is 9.43. The number of fused-ring (bicyclic) bond motifs is 6. The first-order valence-corrected chi connectivity index (χ1v) is 18.9. The highest BCUT2D eigenvalue weighted by molar-refractivity contribution is 7.20. The van der Waals surface area contributed by atoms with Crippen LogP contribution in [0.3, 0.4) is 0 Å². The molecule has 1 heterocycles. The molecule has 0 amide bonds. The van der Waals surface area contributed by atoms with Crippen LogP contribution in [-0.4, -0.2) is 0 Å². The number of nitrogens with zero attached hydrogens (tertiary/aromatic N) is 1. The molecule has 0 N–H and O–H groups in total. The lowest BCUT2D eigenvalue weighted by molar-refractivity contribution is 0.584. The lowest BCUT2D eigenvalue weighted by atomic mass is 9.77. The SMILES string of the molecule is CC(C)(C)c1ccc2c(c1)C(C)(C)C1=CCCC(c3ccccc3N(C3=C=C=Cc4sc5ccccc5c43)c3ccc(-c4ccccc4)cc3)=C12. The van der Waals surface area contributed by atoms with Gasteiger partial charge in [-0.1, -0.05) is 143 Å². The number of thiophene rings is 1. The molecule has 0 saturated heterocycles. The van der Waals surface area contributed by atoms with Crippen LogP contribution in [0.25, 0.3) is 44.1 Å². The molecule has 9 rings (SSSR count). The molecular weight excluding hydrogens is 635 g/mol. The van der Waals surface area contributed by atoms with Gasteiger partial charge in [0.05, 0.1) is 5.69 Å². The maximum atomic E-state index is 3.64. The number of hydrogen-bond donors (Lipinski definition) is 0. The van der Waals surface area contributed by atoms with Crippen LogP contribution in [0, 0.1) is 0 Å². The predicted molar refractivity (Wildman–Crippen MR) is 219 cm³/mol. The molecule has 3 aliphatic rings. The predicted octanol–water partition coefficient (Wildman–Crippen LogP) is 13.7. The number of para-hydroxylation sites is 1. The largest absolute Gasteiger partial charge is 0.302 e. The molecule has 2 heteroatoms. The van der Waals surface area contributed by atoms with E-state index in [-0.39, 0.29) is 10.8 Å². The van der Waals surface area contributed by atoms with Crippen LogP contribution >= 0.6 is 11.3 Å². The van der Waals surface area contributed by atoms with Crippen molar-refractivity contribution in [3.8, 4) is 11.1 Å². The lowest BCUT2D eigenvalue weighted by Crippen LogP contribution is -2.19. The van der Waals surface area contributed by atoms with Gasteiger partial charge in [0, 0.05) is 43.3 Å². The third-order valence-corrected chi connectivity index (χ3v) is 12.1. The lowest BCUT2D eigenvalue weighted by Gasteiger charge is -2.32. The van der Waals surface area contributed by atoms with E-state index in [9.17, 15) is 0 Å². The van der Waals surface area contributed by atoms with Gasteiger partial charge in [-0.25, -0.2) is 0 Å². The summed E-state index contributed by atoms with van der Waals surface area (Å²) >= 11 is 1.83. The highest BCUT2D eigenvalue weighted by Gasteiger charge is 2.41. The minimum atomic E-state index is -0.0661. The highest BCUT2D eigenvalue weighted by atomic mass is 32.1. The number of hydrogen-bond acceptors (Lipinski definition) is 2. The Bertz CT molecular complexity index is 2530. The van der Waals surface area contributed by atoms with E-state index in [1.54, 1.807) is 0 Å². The maximum absolute atomic E-state index is 3.64. The first-order valence-electron chi connectivity index (χ1n) is 18.1. The smallest absolute Gasteiger partial charge is 0.107 e. The Morgan fingerprint density at radius 3 is 2.27 bits per heavy atom.